The largest absolute Gasteiger partial charge is 0.388 e. The molecule has 0 saturated heterocycles. The summed E-state index contributed by atoms with van der Waals surface area (Å²) in [6.07, 6.45) is 0.187. The third kappa shape index (κ3) is 3.14. The Bertz CT molecular complexity index is 751. The zero-order chi connectivity index (χ0) is 14.1. The molecule has 2 aromatic carbocycles. The molecule has 0 aliphatic rings. The van der Waals surface area contributed by atoms with Crippen molar-refractivity contribution in [2.24, 2.45) is 0 Å². The predicted octanol–water partition coefficient (Wildman–Crippen LogP) is 5.70. The Hall–Kier alpha value is -0.680. The first kappa shape index (κ1) is 14.3. The molecule has 0 fully saturated rings. The van der Waals surface area contributed by atoms with Crippen molar-refractivity contribution in [3.63, 3.8) is 0 Å². The topological polar surface area (TPSA) is 20.2 Å². The highest BCUT2D eigenvalue weighted by atomic mass is 79.9. The van der Waals surface area contributed by atoms with Crippen LogP contribution in [0.4, 0.5) is 0 Å². The second kappa shape index (κ2) is 5.98. The molecule has 0 radical (unpaired) electrons. The van der Waals surface area contributed by atoms with Gasteiger partial charge in [-0.2, -0.15) is 0 Å². The molecule has 1 N–H and O–H groups in total. The molecule has 102 valence electrons. The molecule has 0 amide bonds. The number of thiophene rings is 1. The van der Waals surface area contributed by atoms with Gasteiger partial charge < -0.3 is 5.11 Å². The van der Waals surface area contributed by atoms with Gasteiger partial charge >= 0.3 is 0 Å². The van der Waals surface area contributed by atoms with Crippen molar-refractivity contribution in [3.8, 4) is 0 Å². The first-order valence-electron chi connectivity index (χ1n) is 6.22. The summed E-state index contributed by atoms with van der Waals surface area (Å²) in [5.41, 5.74) is 0.962. The van der Waals surface area contributed by atoms with Gasteiger partial charge in [0.25, 0.3) is 0 Å². The lowest BCUT2D eigenvalue weighted by molar-refractivity contribution is 0.179. The van der Waals surface area contributed by atoms with Crippen LogP contribution < -0.4 is 0 Å². The molecule has 0 bridgehead atoms. The van der Waals surface area contributed by atoms with E-state index in [1.807, 2.05) is 17.5 Å². The van der Waals surface area contributed by atoms with Gasteiger partial charge in [-0.25, -0.2) is 0 Å². The van der Waals surface area contributed by atoms with Gasteiger partial charge in [-0.15, -0.1) is 11.3 Å². The third-order valence-corrected chi connectivity index (χ3v) is 5.44. The zero-order valence-corrected chi connectivity index (χ0v) is 14.5. The molecule has 1 heterocycles. The third-order valence-electron chi connectivity index (χ3n) is 3.23. The summed E-state index contributed by atoms with van der Waals surface area (Å²) < 4.78 is 2.15. The van der Waals surface area contributed by atoms with Crippen molar-refractivity contribution >= 4 is 54.0 Å². The minimum Gasteiger partial charge on any atom is -0.388 e. The summed E-state index contributed by atoms with van der Waals surface area (Å²) >= 11 is 8.58. The number of rotatable bonds is 3. The van der Waals surface area contributed by atoms with E-state index in [2.05, 4.69) is 62.2 Å². The second-order valence-electron chi connectivity index (χ2n) is 4.70. The molecule has 0 aliphatic carbocycles. The van der Waals surface area contributed by atoms with Crippen molar-refractivity contribution in [2.75, 3.05) is 0 Å². The second-order valence-corrected chi connectivity index (χ2v) is 7.53. The quantitative estimate of drug-likeness (QED) is 0.585. The van der Waals surface area contributed by atoms with E-state index in [9.17, 15) is 5.11 Å². The lowest BCUT2D eigenvalue weighted by Gasteiger charge is -2.11. The molecule has 1 unspecified atom stereocenters. The number of aliphatic hydroxyl groups excluding tert-OH is 1. The van der Waals surface area contributed by atoms with E-state index in [1.54, 1.807) is 11.3 Å². The van der Waals surface area contributed by atoms with Crippen LogP contribution in [0, 0.1) is 0 Å². The smallest absolute Gasteiger partial charge is 0.0838 e. The monoisotopic (exact) mass is 410 g/mol. The summed E-state index contributed by atoms with van der Waals surface area (Å²) in [6.45, 7) is 0. The van der Waals surface area contributed by atoms with Crippen molar-refractivity contribution in [1.82, 2.24) is 0 Å². The maximum absolute atomic E-state index is 10.4. The van der Waals surface area contributed by atoms with Crippen molar-refractivity contribution in [3.05, 3.63) is 67.2 Å². The number of hydrogen-bond acceptors (Lipinski definition) is 2. The average molecular weight is 412 g/mol. The maximum Gasteiger partial charge on any atom is 0.0838 e. The summed E-state index contributed by atoms with van der Waals surface area (Å²) in [6, 6.07) is 14.4. The molecular formula is C16H12Br2OS. The lowest BCUT2D eigenvalue weighted by Crippen LogP contribution is -2.00. The lowest BCUT2D eigenvalue weighted by atomic mass is 10.0. The first-order chi connectivity index (χ1) is 9.61. The Morgan fingerprint density at radius 3 is 2.45 bits per heavy atom. The molecule has 3 aromatic rings. The van der Waals surface area contributed by atoms with Crippen LogP contribution in [0.1, 0.15) is 16.5 Å². The number of aliphatic hydroxyl groups is 1. The number of benzene rings is 2. The van der Waals surface area contributed by atoms with E-state index in [0.717, 1.165) is 19.9 Å². The van der Waals surface area contributed by atoms with Gasteiger partial charge in [-0.1, -0.05) is 34.1 Å². The molecule has 20 heavy (non-hydrogen) atoms. The van der Waals surface area contributed by atoms with E-state index < -0.39 is 6.10 Å². The summed E-state index contributed by atoms with van der Waals surface area (Å²) in [4.78, 5) is 1.18. The van der Waals surface area contributed by atoms with Crippen LogP contribution in [0.15, 0.2) is 56.8 Å². The molecule has 1 atom stereocenters. The summed E-state index contributed by atoms with van der Waals surface area (Å²) in [7, 11) is 0. The highest BCUT2D eigenvalue weighted by molar-refractivity contribution is 9.10. The minimum absolute atomic E-state index is 0.464. The van der Waals surface area contributed by atoms with Crippen LogP contribution in [0.25, 0.3) is 10.8 Å². The van der Waals surface area contributed by atoms with E-state index in [-0.39, 0.29) is 0 Å². The van der Waals surface area contributed by atoms with Gasteiger partial charge in [0.05, 0.1) is 6.10 Å². The fraction of sp³-hybridized carbons (Fsp3) is 0.125. The van der Waals surface area contributed by atoms with Gasteiger partial charge in [0.1, 0.15) is 0 Å². The van der Waals surface area contributed by atoms with Crippen LogP contribution in [0.3, 0.4) is 0 Å². The minimum atomic E-state index is -0.464. The number of fused-ring (bicyclic) bond motifs is 1. The fourth-order valence-corrected chi connectivity index (χ4v) is 4.08. The highest BCUT2D eigenvalue weighted by Gasteiger charge is 2.11. The fourth-order valence-electron chi connectivity index (χ4n) is 2.21. The molecule has 1 aromatic heterocycles. The average Bonchev–Trinajstić information content (AvgIpc) is 2.83. The Morgan fingerprint density at radius 2 is 1.70 bits per heavy atom. The van der Waals surface area contributed by atoms with Crippen LogP contribution >= 0.6 is 43.2 Å². The van der Waals surface area contributed by atoms with Crippen LogP contribution in [-0.2, 0) is 6.42 Å². The maximum atomic E-state index is 10.4. The zero-order valence-electron chi connectivity index (χ0n) is 10.5. The van der Waals surface area contributed by atoms with E-state index in [0.29, 0.717) is 6.42 Å². The van der Waals surface area contributed by atoms with E-state index >= 15 is 0 Å². The van der Waals surface area contributed by atoms with Gasteiger partial charge in [0, 0.05) is 25.6 Å². The van der Waals surface area contributed by atoms with Gasteiger partial charge in [-0.05, 0) is 56.5 Å². The van der Waals surface area contributed by atoms with Crippen LogP contribution in [-0.4, -0.2) is 5.11 Å². The molecule has 1 nitrogen and oxygen atoms in total. The Morgan fingerprint density at radius 1 is 0.950 bits per heavy atom. The Kier molecular flexibility index (Phi) is 4.26. The molecule has 0 saturated carbocycles. The van der Waals surface area contributed by atoms with Gasteiger partial charge in [0.15, 0.2) is 0 Å². The highest BCUT2D eigenvalue weighted by Crippen LogP contribution is 2.28. The van der Waals surface area contributed by atoms with Crippen molar-refractivity contribution in [2.45, 2.75) is 12.5 Å². The van der Waals surface area contributed by atoms with Crippen LogP contribution in [0.5, 0.6) is 0 Å². The number of hydrogen-bond donors (Lipinski definition) is 1. The van der Waals surface area contributed by atoms with Crippen molar-refractivity contribution < 1.29 is 5.11 Å². The molecule has 0 spiro atoms. The molecule has 0 aliphatic heterocycles. The Labute approximate surface area is 138 Å². The van der Waals surface area contributed by atoms with Gasteiger partial charge in [-0.3, -0.25) is 0 Å². The summed E-state index contributed by atoms with van der Waals surface area (Å²) in [5.74, 6) is 0. The predicted molar refractivity (Wildman–Crippen MR) is 92.3 cm³/mol. The molecule has 4 heteroatoms. The standard InChI is InChI=1S/C16H12Br2OS/c17-13-4-3-10-5-12(2-1-11(10)6-13)16(19)8-15-7-14(18)9-20-15/h1-7,9,16,19H,8H2. The van der Waals surface area contributed by atoms with Crippen LogP contribution in [0.2, 0.25) is 0 Å². The van der Waals surface area contributed by atoms with Gasteiger partial charge in [0.2, 0.25) is 0 Å². The number of halogens is 2. The summed E-state index contributed by atoms with van der Waals surface area (Å²) in [5, 5.41) is 14.7. The van der Waals surface area contributed by atoms with E-state index in [4.69, 9.17) is 0 Å². The normalized spacial score (nSPS) is 12.8. The molecule has 3 rings (SSSR count). The SMILES string of the molecule is OC(Cc1cc(Br)cs1)c1ccc2cc(Br)ccc2c1. The van der Waals surface area contributed by atoms with E-state index in [1.165, 1.54) is 10.3 Å². The first-order valence-corrected chi connectivity index (χ1v) is 8.68. The Balaban J connectivity index is 1.87. The van der Waals surface area contributed by atoms with Crippen molar-refractivity contribution in [1.29, 1.82) is 0 Å². The molecular weight excluding hydrogens is 400 g/mol.